The van der Waals surface area contributed by atoms with E-state index >= 15 is 0 Å². The highest BCUT2D eigenvalue weighted by molar-refractivity contribution is 6.31. The molecule has 0 saturated carbocycles. The highest BCUT2D eigenvalue weighted by Gasteiger charge is 2.13. The molecule has 4 nitrogen and oxygen atoms in total. The molecular weight excluding hydrogens is 428 g/mol. The fourth-order valence-electron chi connectivity index (χ4n) is 3.60. The van der Waals surface area contributed by atoms with Gasteiger partial charge in [-0.3, -0.25) is 0 Å². The fraction of sp³-hybridized carbons (Fsp3) is 0. The van der Waals surface area contributed by atoms with E-state index in [0.717, 1.165) is 27.8 Å². The van der Waals surface area contributed by atoms with Crippen LogP contribution < -0.4 is 0 Å². The number of nitriles is 1. The molecule has 5 aromatic rings. The molecular formula is C28H17ClN4. The summed E-state index contributed by atoms with van der Waals surface area (Å²) in [5, 5.41) is 9.83. The molecule has 0 amide bonds. The van der Waals surface area contributed by atoms with Crippen molar-refractivity contribution < 1.29 is 0 Å². The second kappa shape index (κ2) is 9.04. The third-order valence-electron chi connectivity index (χ3n) is 5.18. The summed E-state index contributed by atoms with van der Waals surface area (Å²) in [6.07, 6.45) is 0. The van der Waals surface area contributed by atoms with Crippen molar-refractivity contribution in [2.24, 2.45) is 0 Å². The Labute approximate surface area is 196 Å². The van der Waals surface area contributed by atoms with Crippen molar-refractivity contribution in [2.45, 2.75) is 0 Å². The molecule has 0 unspecified atom stereocenters. The number of nitrogens with zero attached hydrogens (tertiary/aromatic N) is 4. The predicted octanol–water partition coefficient (Wildman–Crippen LogP) is 7.06. The van der Waals surface area contributed by atoms with Crippen molar-refractivity contribution in [1.29, 1.82) is 5.26 Å². The summed E-state index contributed by atoms with van der Waals surface area (Å²) in [4.78, 5) is 14.3. The van der Waals surface area contributed by atoms with Gasteiger partial charge in [0.05, 0.1) is 11.6 Å². The predicted molar refractivity (Wildman–Crippen MR) is 131 cm³/mol. The molecule has 0 atom stereocenters. The first-order valence-electron chi connectivity index (χ1n) is 10.4. The van der Waals surface area contributed by atoms with E-state index in [0.29, 0.717) is 28.1 Å². The van der Waals surface area contributed by atoms with Crippen LogP contribution in [0.15, 0.2) is 103 Å². The van der Waals surface area contributed by atoms with E-state index < -0.39 is 0 Å². The number of benzene rings is 4. The highest BCUT2D eigenvalue weighted by Crippen LogP contribution is 2.29. The maximum Gasteiger partial charge on any atom is 0.164 e. The summed E-state index contributed by atoms with van der Waals surface area (Å²) in [5.41, 5.74) is 4.99. The van der Waals surface area contributed by atoms with Gasteiger partial charge in [-0.15, -0.1) is 0 Å². The van der Waals surface area contributed by atoms with Gasteiger partial charge in [0.1, 0.15) is 0 Å². The second-order valence-corrected chi connectivity index (χ2v) is 7.90. The van der Waals surface area contributed by atoms with Gasteiger partial charge >= 0.3 is 0 Å². The zero-order valence-electron chi connectivity index (χ0n) is 17.5. The van der Waals surface area contributed by atoms with Crippen molar-refractivity contribution in [2.75, 3.05) is 0 Å². The molecule has 0 aliphatic rings. The summed E-state index contributed by atoms with van der Waals surface area (Å²) in [5.74, 6) is 1.80. The minimum absolute atomic E-state index is 0.515. The maximum atomic E-state index is 9.31. The molecule has 0 aliphatic carbocycles. The fourth-order valence-corrected chi connectivity index (χ4v) is 3.83. The van der Waals surface area contributed by atoms with E-state index in [1.54, 1.807) is 6.07 Å². The molecule has 0 spiro atoms. The van der Waals surface area contributed by atoms with Crippen LogP contribution in [0.4, 0.5) is 0 Å². The largest absolute Gasteiger partial charge is 0.208 e. The van der Waals surface area contributed by atoms with Gasteiger partial charge in [0, 0.05) is 21.7 Å². The van der Waals surface area contributed by atoms with Gasteiger partial charge in [-0.1, -0.05) is 90.5 Å². The lowest BCUT2D eigenvalue weighted by molar-refractivity contribution is 1.07. The van der Waals surface area contributed by atoms with Crippen LogP contribution in [0.5, 0.6) is 0 Å². The third-order valence-corrected chi connectivity index (χ3v) is 5.40. The Kier molecular flexibility index (Phi) is 5.63. The van der Waals surface area contributed by atoms with E-state index in [2.05, 4.69) is 6.07 Å². The Balaban J connectivity index is 1.66. The van der Waals surface area contributed by atoms with Crippen LogP contribution in [-0.4, -0.2) is 15.0 Å². The minimum atomic E-state index is 0.515. The zero-order chi connectivity index (χ0) is 22.6. The van der Waals surface area contributed by atoms with E-state index in [4.69, 9.17) is 26.6 Å². The van der Waals surface area contributed by atoms with Crippen LogP contribution in [0.25, 0.3) is 45.3 Å². The lowest BCUT2D eigenvalue weighted by atomic mass is 10.0. The van der Waals surface area contributed by atoms with Gasteiger partial charge in [0.2, 0.25) is 0 Å². The molecule has 0 fully saturated rings. The van der Waals surface area contributed by atoms with Gasteiger partial charge < -0.3 is 0 Å². The lowest BCUT2D eigenvalue weighted by Crippen LogP contribution is -2.00. The van der Waals surface area contributed by atoms with Crippen molar-refractivity contribution in [3.63, 3.8) is 0 Å². The molecule has 0 saturated heterocycles. The number of aromatic nitrogens is 3. The number of halogens is 1. The monoisotopic (exact) mass is 444 g/mol. The quantitative estimate of drug-likeness (QED) is 0.297. The first kappa shape index (κ1) is 20.6. The highest BCUT2D eigenvalue weighted by atomic mass is 35.5. The maximum absolute atomic E-state index is 9.31. The van der Waals surface area contributed by atoms with Crippen molar-refractivity contribution in [1.82, 2.24) is 15.0 Å². The van der Waals surface area contributed by atoms with Crippen molar-refractivity contribution >= 4 is 11.6 Å². The number of rotatable bonds is 4. The minimum Gasteiger partial charge on any atom is -0.208 e. The van der Waals surface area contributed by atoms with Crippen molar-refractivity contribution in [3.05, 3.63) is 114 Å². The smallest absolute Gasteiger partial charge is 0.164 e. The van der Waals surface area contributed by atoms with Crippen LogP contribution in [0, 0.1) is 11.3 Å². The normalized spacial score (nSPS) is 10.5. The summed E-state index contributed by atoms with van der Waals surface area (Å²) in [6.45, 7) is 0. The van der Waals surface area contributed by atoms with E-state index in [9.17, 15) is 5.26 Å². The second-order valence-electron chi connectivity index (χ2n) is 7.46. The van der Waals surface area contributed by atoms with Crippen LogP contribution in [0.3, 0.4) is 0 Å². The van der Waals surface area contributed by atoms with E-state index in [1.807, 2.05) is 97.1 Å². The molecule has 1 aromatic heterocycles. The first-order valence-corrected chi connectivity index (χ1v) is 10.8. The molecule has 4 aromatic carbocycles. The van der Waals surface area contributed by atoms with Gasteiger partial charge in [0.25, 0.3) is 0 Å². The zero-order valence-corrected chi connectivity index (χ0v) is 18.2. The Morgan fingerprint density at radius 3 is 1.61 bits per heavy atom. The van der Waals surface area contributed by atoms with Crippen LogP contribution in [-0.2, 0) is 0 Å². The molecule has 156 valence electrons. The topological polar surface area (TPSA) is 62.5 Å². The van der Waals surface area contributed by atoms with E-state index in [-0.39, 0.29) is 0 Å². The average Bonchev–Trinajstić information content (AvgIpc) is 2.89. The molecule has 33 heavy (non-hydrogen) atoms. The molecule has 5 heteroatoms. The molecule has 0 N–H and O–H groups in total. The number of hydrogen-bond acceptors (Lipinski definition) is 4. The molecule has 0 bridgehead atoms. The van der Waals surface area contributed by atoms with Crippen LogP contribution in [0.1, 0.15) is 5.56 Å². The molecule has 0 radical (unpaired) electrons. The number of hydrogen-bond donors (Lipinski definition) is 0. The Morgan fingerprint density at radius 2 is 1.03 bits per heavy atom. The van der Waals surface area contributed by atoms with Gasteiger partial charge in [-0.05, 0) is 35.4 Å². The SMILES string of the molecule is N#Cc1cc(Cl)cc(-c2cccc(-c3nc(-c4ccccc4)nc(-c4ccccc4)n3)c2)c1. The Bertz CT molecular complexity index is 1420. The Morgan fingerprint density at radius 1 is 0.515 bits per heavy atom. The van der Waals surface area contributed by atoms with Gasteiger partial charge in [-0.2, -0.15) is 5.26 Å². The molecule has 0 aliphatic heterocycles. The van der Waals surface area contributed by atoms with E-state index in [1.165, 1.54) is 0 Å². The Hall–Kier alpha value is -4.33. The van der Waals surface area contributed by atoms with Crippen LogP contribution >= 0.6 is 11.6 Å². The summed E-state index contributed by atoms with van der Waals surface area (Å²) in [6, 6.07) is 35.1. The third kappa shape index (κ3) is 4.50. The van der Waals surface area contributed by atoms with Gasteiger partial charge in [-0.25, -0.2) is 15.0 Å². The first-order chi connectivity index (χ1) is 16.2. The average molecular weight is 445 g/mol. The summed E-state index contributed by atoms with van der Waals surface area (Å²) < 4.78 is 0. The summed E-state index contributed by atoms with van der Waals surface area (Å²) in [7, 11) is 0. The van der Waals surface area contributed by atoms with Gasteiger partial charge in [0.15, 0.2) is 17.5 Å². The lowest BCUT2D eigenvalue weighted by Gasteiger charge is -2.10. The van der Waals surface area contributed by atoms with Crippen LogP contribution in [0.2, 0.25) is 5.02 Å². The molecule has 1 heterocycles. The summed E-state index contributed by atoms with van der Waals surface area (Å²) >= 11 is 6.23. The van der Waals surface area contributed by atoms with Crippen molar-refractivity contribution in [3.8, 4) is 51.4 Å². The standard InChI is InChI=1S/C28H17ClN4/c29-25-15-19(18-30)14-24(17-25)22-12-7-13-23(16-22)28-32-26(20-8-3-1-4-9-20)31-27(33-28)21-10-5-2-6-11-21/h1-17H. The molecule has 5 rings (SSSR count).